The summed E-state index contributed by atoms with van der Waals surface area (Å²) in [5, 5.41) is 18.3. The van der Waals surface area contributed by atoms with Gasteiger partial charge in [-0.2, -0.15) is 5.26 Å². The summed E-state index contributed by atoms with van der Waals surface area (Å²) in [5.41, 5.74) is 0.634. The van der Waals surface area contributed by atoms with Crippen LogP contribution in [-0.2, 0) is 14.3 Å². The highest BCUT2D eigenvalue weighted by atomic mass is 16.5. The van der Waals surface area contributed by atoms with Gasteiger partial charge in [0.25, 0.3) is 0 Å². The topological polar surface area (TPSA) is 87.4 Å². The SMILES string of the molecule is COC(=O)C(C(=O)O)C(c1ccccc1)C(C)C#N. The Morgan fingerprint density at radius 3 is 2.32 bits per heavy atom. The number of carbonyl (C=O) groups excluding carboxylic acids is 1. The maximum atomic E-state index is 11.7. The van der Waals surface area contributed by atoms with Gasteiger partial charge in [0.15, 0.2) is 5.92 Å². The van der Waals surface area contributed by atoms with Crippen molar-refractivity contribution in [2.24, 2.45) is 11.8 Å². The van der Waals surface area contributed by atoms with Crippen LogP contribution in [0.2, 0.25) is 0 Å². The molecule has 0 fully saturated rings. The van der Waals surface area contributed by atoms with Crippen LogP contribution in [-0.4, -0.2) is 24.2 Å². The summed E-state index contributed by atoms with van der Waals surface area (Å²) in [6.45, 7) is 1.59. The number of carboxylic acids is 1. The summed E-state index contributed by atoms with van der Waals surface area (Å²) in [6.07, 6.45) is 0. The van der Waals surface area contributed by atoms with Gasteiger partial charge in [0.05, 0.1) is 19.1 Å². The Hall–Kier alpha value is -2.35. The van der Waals surface area contributed by atoms with Gasteiger partial charge in [0.2, 0.25) is 0 Å². The third kappa shape index (κ3) is 3.32. The number of aliphatic carboxylic acids is 1. The van der Waals surface area contributed by atoms with Crippen molar-refractivity contribution in [2.75, 3.05) is 7.11 Å². The van der Waals surface area contributed by atoms with E-state index in [0.717, 1.165) is 7.11 Å². The van der Waals surface area contributed by atoms with Crippen molar-refractivity contribution in [3.05, 3.63) is 35.9 Å². The van der Waals surface area contributed by atoms with Crippen molar-refractivity contribution in [3.63, 3.8) is 0 Å². The number of ether oxygens (including phenoxy) is 1. The molecule has 19 heavy (non-hydrogen) atoms. The van der Waals surface area contributed by atoms with Crippen LogP contribution in [0.3, 0.4) is 0 Å². The molecule has 0 amide bonds. The molecule has 1 rings (SSSR count). The molecule has 5 nitrogen and oxygen atoms in total. The van der Waals surface area contributed by atoms with Gasteiger partial charge in [-0.25, -0.2) is 0 Å². The number of hydrogen-bond donors (Lipinski definition) is 1. The molecule has 100 valence electrons. The molecule has 0 aliphatic carbocycles. The highest BCUT2D eigenvalue weighted by Crippen LogP contribution is 2.33. The van der Waals surface area contributed by atoms with Gasteiger partial charge >= 0.3 is 11.9 Å². The third-order valence-corrected chi connectivity index (χ3v) is 3.01. The van der Waals surface area contributed by atoms with Crippen molar-refractivity contribution < 1.29 is 19.4 Å². The predicted octanol–water partition coefficient (Wildman–Crippen LogP) is 1.80. The van der Waals surface area contributed by atoms with Crippen LogP contribution in [0.15, 0.2) is 30.3 Å². The standard InChI is InChI=1S/C14H15NO4/c1-9(8-15)11(10-6-4-3-5-7-10)12(13(16)17)14(18)19-2/h3-7,9,11-12H,1-2H3,(H,16,17). The molecule has 1 aromatic rings. The van der Waals surface area contributed by atoms with E-state index < -0.39 is 29.7 Å². The predicted molar refractivity (Wildman–Crippen MR) is 67.1 cm³/mol. The van der Waals surface area contributed by atoms with E-state index in [-0.39, 0.29) is 0 Å². The van der Waals surface area contributed by atoms with E-state index in [0.29, 0.717) is 5.56 Å². The van der Waals surface area contributed by atoms with Crippen LogP contribution in [0.4, 0.5) is 0 Å². The van der Waals surface area contributed by atoms with Crippen molar-refractivity contribution in [1.29, 1.82) is 5.26 Å². The quantitative estimate of drug-likeness (QED) is 0.645. The lowest BCUT2D eigenvalue weighted by Crippen LogP contribution is -2.34. The smallest absolute Gasteiger partial charge is 0.320 e. The van der Waals surface area contributed by atoms with E-state index in [9.17, 15) is 14.7 Å². The molecule has 0 aromatic heterocycles. The lowest BCUT2D eigenvalue weighted by molar-refractivity contribution is -0.158. The number of carbonyl (C=O) groups is 2. The Kier molecular flexibility index (Phi) is 5.07. The molecule has 3 atom stereocenters. The first kappa shape index (κ1) is 14.7. The number of benzene rings is 1. The highest BCUT2D eigenvalue weighted by Gasteiger charge is 2.40. The van der Waals surface area contributed by atoms with Gasteiger partial charge in [-0.3, -0.25) is 9.59 Å². The van der Waals surface area contributed by atoms with E-state index >= 15 is 0 Å². The summed E-state index contributed by atoms with van der Waals surface area (Å²) in [5.74, 6) is -4.88. The second kappa shape index (κ2) is 6.55. The molecule has 0 bridgehead atoms. The van der Waals surface area contributed by atoms with Gasteiger partial charge < -0.3 is 9.84 Å². The molecule has 0 saturated heterocycles. The Morgan fingerprint density at radius 2 is 1.89 bits per heavy atom. The van der Waals surface area contributed by atoms with Crippen LogP contribution in [0, 0.1) is 23.2 Å². The Labute approximate surface area is 111 Å². The van der Waals surface area contributed by atoms with Crippen molar-refractivity contribution in [3.8, 4) is 6.07 Å². The molecule has 0 aliphatic heterocycles. The van der Waals surface area contributed by atoms with E-state index in [1.165, 1.54) is 0 Å². The van der Waals surface area contributed by atoms with Crippen LogP contribution >= 0.6 is 0 Å². The minimum atomic E-state index is -1.39. The lowest BCUT2D eigenvalue weighted by Gasteiger charge is -2.24. The Balaban J connectivity index is 3.27. The van der Waals surface area contributed by atoms with Crippen molar-refractivity contribution >= 4 is 11.9 Å². The molecule has 0 saturated carbocycles. The third-order valence-electron chi connectivity index (χ3n) is 3.01. The van der Waals surface area contributed by atoms with Crippen molar-refractivity contribution in [1.82, 2.24) is 0 Å². The molecule has 0 radical (unpaired) electrons. The van der Waals surface area contributed by atoms with E-state index in [4.69, 9.17) is 5.26 Å². The second-order valence-corrected chi connectivity index (χ2v) is 4.19. The number of esters is 1. The minimum absolute atomic E-state index is 0.623. The first-order chi connectivity index (χ1) is 9.02. The van der Waals surface area contributed by atoms with Crippen molar-refractivity contribution in [2.45, 2.75) is 12.8 Å². The van der Waals surface area contributed by atoms with Crippen LogP contribution in [0.5, 0.6) is 0 Å². The average Bonchev–Trinajstić information content (AvgIpc) is 2.43. The number of methoxy groups -OCH3 is 1. The monoisotopic (exact) mass is 261 g/mol. The van der Waals surface area contributed by atoms with Gasteiger partial charge in [0, 0.05) is 5.92 Å². The Bertz CT molecular complexity index is 492. The van der Waals surface area contributed by atoms with Gasteiger partial charge in [-0.15, -0.1) is 0 Å². The zero-order valence-electron chi connectivity index (χ0n) is 10.7. The number of carboxylic acid groups (broad SMARTS) is 1. The molecule has 1 N–H and O–H groups in total. The molecule has 0 spiro atoms. The number of nitriles is 1. The Morgan fingerprint density at radius 1 is 1.32 bits per heavy atom. The van der Waals surface area contributed by atoms with E-state index in [1.807, 2.05) is 6.07 Å². The zero-order valence-corrected chi connectivity index (χ0v) is 10.7. The normalized spacial score (nSPS) is 14.8. The second-order valence-electron chi connectivity index (χ2n) is 4.19. The minimum Gasteiger partial charge on any atom is -0.481 e. The number of rotatable bonds is 5. The largest absolute Gasteiger partial charge is 0.481 e. The number of hydrogen-bond acceptors (Lipinski definition) is 4. The van der Waals surface area contributed by atoms with E-state index in [2.05, 4.69) is 4.74 Å². The fraction of sp³-hybridized carbons (Fsp3) is 0.357. The maximum Gasteiger partial charge on any atom is 0.320 e. The van der Waals surface area contributed by atoms with Gasteiger partial charge in [0.1, 0.15) is 0 Å². The van der Waals surface area contributed by atoms with Crippen LogP contribution in [0.25, 0.3) is 0 Å². The molecule has 5 heteroatoms. The molecule has 0 heterocycles. The first-order valence-corrected chi connectivity index (χ1v) is 5.78. The molecule has 1 aromatic carbocycles. The zero-order chi connectivity index (χ0) is 14.4. The first-order valence-electron chi connectivity index (χ1n) is 5.78. The molecule has 0 aliphatic rings. The summed E-state index contributed by atoms with van der Waals surface area (Å²) in [6, 6.07) is 10.7. The van der Waals surface area contributed by atoms with Crippen LogP contribution in [0.1, 0.15) is 18.4 Å². The molecular formula is C14H15NO4. The summed E-state index contributed by atoms with van der Waals surface area (Å²) >= 11 is 0. The summed E-state index contributed by atoms with van der Waals surface area (Å²) < 4.78 is 4.54. The van der Waals surface area contributed by atoms with E-state index in [1.54, 1.807) is 37.3 Å². The fourth-order valence-electron chi connectivity index (χ4n) is 2.05. The molecular weight excluding hydrogens is 246 g/mol. The lowest BCUT2D eigenvalue weighted by atomic mass is 9.78. The maximum absolute atomic E-state index is 11.7. The molecule has 3 unspecified atom stereocenters. The average molecular weight is 261 g/mol. The van der Waals surface area contributed by atoms with Crippen LogP contribution < -0.4 is 0 Å². The van der Waals surface area contributed by atoms with Gasteiger partial charge in [-0.1, -0.05) is 30.3 Å². The number of nitrogens with zero attached hydrogens (tertiary/aromatic N) is 1. The summed E-state index contributed by atoms with van der Waals surface area (Å²) in [7, 11) is 1.14. The summed E-state index contributed by atoms with van der Waals surface area (Å²) in [4.78, 5) is 23.0. The van der Waals surface area contributed by atoms with Gasteiger partial charge in [-0.05, 0) is 12.5 Å². The fourth-order valence-corrected chi connectivity index (χ4v) is 2.05. The highest BCUT2D eigenvalue weighted by molar-refractivity contribution is 5.95.